The van der Waals surface area contributed by atoms with E-state index in [1.54, 1.807) is 0 Å². The number of carbonyl (C=O) groups excluding carboxylic acids is 1. The summed E-state index contributed by atoms with van der Waals surface area (Å²) >= 11 is 0. The van der Waals surface area contributed by atoms with Gasteiger partial charge in [0.05, 0.1) is 0 Å². The van der Waals surface area contributed by atoms with Crippen LogP contribution in [-0.2, 0) is 14.9 Å². The second-order valence-corrected chi connectivity index (χ2v) is 9.32. The van der Waals surface area contributed by atoms with Gasteiger partial charge in [-0.2, -0.15) is 48.3 Å². The Balaban J connectivity index is 3.25. The summed E-state index contributed by atoms with van der Waals surface area (Å²) in [6.45, 7) is 9.42. The normalized spacial score (nSPS) is 16.2. The molecule has 3 nitrogen and oxygen atoms in total. The summed E-state index contributed by atoms with van der Waals surface area (Å²) in [5.41, 5.74) is -0.0848. The van der Waals surface area contributed by atoms with Crippen molar-refractivity contribution < 1.29 is 62.6 Å². The van der Waals surface area contributed by atoms with Crippen LogP contribution in [0.1, 0.15) is 46.6 Å². The third-order valence-corrected chi connectivity index (χ3v) is 4.44. The van der Waals surface area contributed by atoms with Gasteiger partial charge in [0.15, 0.2) is 0 Å². The number of hydrogen-bond donors (Lipinski definition) is 0. The lowest BCUT2D eigenvalue weighted by Gasteiger charge is -2.34. The van der Waals surface area contributed by atoms with E-state index in [0.717, 1.165) is 12.1 Å². The summed E-state index contributed by atoms with van der Waals surface area (Å²) in [7, 11) is 0. The first-order valence-corrected chi connectivity index (χ1v) is 9.38. The number of carbonyl (C=O) groups is 1. The minimum absolute atomic E-state index is 0.157. The van der Waals surface area contributed by atoms with E-state index in [0.29, 0.717) is 12.0 Å². The maximum Gasteiger partial charge on any atom is 0.462 e. The van der Waals surface area contributed by atoms with E-state index in [1.807, 2.05) is 34.6 Å². The molecule has 14 heteroatoms. The second kappa shape index (κ2) is 8.83. The molecule has 1 unspecified atom stereocenters. The Kier molecular flexibility index (Phi) is 7.77. The molecule has 0 spiro atoms. The molecular weight excluding hydrogens is 497 g/mol. The van der Waals surface area contributed by atoms with E-state index in [1.165, 1.54) is 12.1 Å². The molecular formula is C20H21F11O3. The van der Waals surface area contributed by atoms with Crippen LogP contribution in [0.5, 0.6) is 5.75 Å². The summed E-state index contributed by atoms with van der Waals surface area (Å²) < 4.78 is 148. The van der Waals surface area contributed by atoms with Gasteiger partial charge in [-0.25, -0.2) is 4.79 Å². The zero-order valence-electron chi connectivity index (χ0n) is 18.4. The summed E-state index contributed by atoms with van der Waals surface area (Å²) in [5.74, 6) is -17.8. The van der Waals surface area contributed by atoms with Crippen LogP contribution in [0.3, 0.4) is 0 Å². The van der Waals surface area contributed by atoms with Crippen molar-refractivity contribution >= 4 is 5.97 Å². The lowest BCUT2D eigenvalue weighted by molar-refractivity contribution is -0.474. The molecule has 0 saturated carbocycles. The van der Waals surface area contributed by atoms with Crippen LogP contribution in [0.4, 0.5) is 48.3 Å². The predicted octanol–water partition coefficient (Wildman–Crippen LogP) is 7.34. The second-order valence-electron chi connectivity index (χ2n) is 9.32. The molecule has 1 atom stereocenters. The first-order chi connectivity index (χ1) is 14.8. The molecule has 1 rings (SSSR count). The molecule has 0 radical (unpaired) electrons. The number of alkyl halides is 11. The van der Waals surface area contributed by atoms with Crippen molar-refractivity contribution in [1.29, 1.82) is 0 Å². The van der Waals surface area contributed by atoms with Crippen molar-refractivity contribution in [3.63, 3.8) is 0 Å². The summed E-state index contributed by atoms with van der Waals surface area (Å²) in [5, 5.41) is 0. The van der Waals surface area contributed by atoms with Gasteiger partial charge in [-0.15, -0.1) is 0 Å². The van der Waals surface area contributed by atoms with Gasteiger partial charge >= 0.3 is 36.2 Å². The third kappa shape index (κ3) is 6.30. The fraction of sp³-hybridized carbons (Fsp3) is 0.650. The Hall–Kier alpha value is -2.12. The third-order valence-electron chi connectivity index (χ3n) is 4.44. The van der Waals surface area contributed by atoms with Crippen molar-refractivity contribution in [1.82, 2.24) is 0 Å². The molecule has 0 saturated heterocycles. The minimum Gasteiger partial charge on any atom is -0.422 e. The maximum atomic E-state index is 14.2. The van der Waals surface area contributed by atoms with Gasteiger partial charge in [-0.3, -0.25) is 4.74 Å². The van der Waals surface area contributed by atoms with Crippen molar-refractivity contribution in [3.05, 3.63) is 29.8 Å². The molecule has 0 aliphatic carbocycles. The molecule has 1 aromatic carbocycles. The van der Waals surface area contributed by atoms with Crippen LogP contribution >= 0.6 is 0 Å². The lowest BCUT2D eigenvalue weighted by Crippen LogP contribution is -2.62. The van der Waals surface area contributed by atoms with E-state index < -0.39 is 47.4 Å². The first-order valence-electron chi connectivity index (χ1n) is 9.38. The highest BCUT2D eigenvalue weighted by atomic mass is 19.4. The highest BCUT2D eigenvalue weighted by molar-refractivity contribution is 5.81. The average molecular weight is 518 g/mol. The molecule has 0 amide bonds. The molecule has 0 bridgehead atoms. The number of hydrogen-bond acceptors (Lipinski definition) is 3. The fourth-order valence-electron chi connectivity index (χ4n) is 3.20. The van der Waals surface area contributed by atoms with Crippen LogP contribution in [0, 0.1) is 5.41 Å². The molecule has 0 fully saturated rings. The van der Waals surface area contributed by atoms with E-state index >= 15 is 0 Å². The van der Waals surface area contributed by atoms with Crippen LogP contribution in [-0.4, -0.2) is 36.2 Å². The SMILES string of the molecule is CC(C)(C)CC(C)(C)c1ccc(OC(=O)C(F)(OC(F)(F)C(F)(F)C(F)(F)F)C(F)(F)F)cc1. The molecule has 196 valence electrons. The van der Waals surface area contributed by atoms with Crippen LogP contribution in [0.15, 0.2) is 24.3 Å². The Morgan fingerprint density at radius 2 is 1.18 bits per heavy atom. The summed E-state index contributed by atoms with van der Waals surface area (Å²) in [4.78, 5) is 11.7. The largest absolute Gasteiger partial charge is 0.462 e. The number of esters is 1. The summed E-state index contributed by atoms with van der Waals surface area (Å²) in [6.07, 6.45) is -20.5. The fourth-order valence-corrected chi connectivity index (χ4v) is 3.20. The van der Waals surface area contributed by atoms with Crippen LogP contribution in [0.25, 0.3) is 0 Å². The Morgan fingerprint density at radius 3 is 1.53 bits per heavy atom. The van der Waals surface area contributed by atoms with Crippen LogP contribution < -0.4 is 4.74 Å². The van der Waals surface area contributed by atoms with Gasteiger partial charge in [-0.1, -0.05) is 46.8 Å². The highest BCUT2D eigenvalue weighted by Crippen LogP contribution is 2.51. The first kappa shape index (κ1) is 29.9. The Morgan fingerprint density at radius 1 is 0.735 bits per heavy atom. The van der Waals surface area contributed by atoms with E-state index in [-0.39, 0.29) is 5.41 Å². The lowest BCUT2D eigenvalue weighted by atomic mass is 9.72. The van der Waals surface area contributed by atoms with E-state index in [2.05, 4.69) is 9.47 Å². The van der Waals surface area contributed by atoms with Gasteiger partial charge in [0.25, 0.3) is 0 Å². The quantitative estimate of drug-likeness (QED) is 0.215. The Bertz CT molecular complexity index is 866. The Labute approximate surface area is 187 Å². The minimum atomic E-state index is -7.27. The number of rotatable bonds is 7. The van der Waals surface area contributed by atoms with E-state index in [9.17, 15) is 53.1 Å². The molecule has 0 heterocycles. The van der Waals surface area contributed by atoms with Gasteiger partial charge < -0.3 is 4.74 Å². The van der Waals surface area contributed by atoms with Crippen molar-refractivity contribution in [2.24, 2.45) is 5.41 Å². The van der Waals surface area contributed by atoms with Gasteiger partial charge in [0, 0.05) is 0 Å². The maximum absolute atomic E-state index is 14.2. The zero-order valence-corrected chi connectivity index (χ0v) is 18.4. The molecule has 1 aromatic rings. The number of ether oxygens (including phenoxy) is 2. The highest BCUT2D eigenvalue weighted by Gasteiger charge is 2.80. The monoisotopic (exact) mass is 518 g/mol. The number of benzene rings is 1. The molecule has 0 aliphatic heterocycles. The van der Waals surface area contributed by atoms with Gasteiger partial charge in [0.2, 0.25) is 0 Å². The molecule has 0 aliphatic rings. The summed E-state index contributed by atoms with van der Waals surface area (Å²) in [6, 6.07) is 4.23. The zero-order chi connectivity index (χ0) is 27.2. The van der Waals surface area contributed by atoms with Crippen LogP contribution in [0.2, 0.25) is 0 Å². The predicted molar refractivity (Wildman–Crippen MR) is 96.1 cm³/mol. The van der Waals surface area contributed by atoms with Crippen molar-refractivity contribution in [2.45, 2.75) is 76.7 Å². The average Bonchev–Trinajstić information content (AvgIpc) is 2.57. The molecule has 34 heavy (non-hydrogen) atoms. The number of halogens is 11. The van der Waals surface area contributed by atoms with Gasteiger partial charge in [-0.05, 0) is 34.9 Å². The van der Waals surface area contributed by atoms with Gasteiger partial charge in [0.1, 0.15) is 5.75 Å². The molecule has 0 N–H and O–H groups in total. The van der Waals surface area contributed by atoms with Crippen molar-refractivity contribution in [2.75, 3.05) is 0 Å². The topological polar surface area (TPSA) is 35.5 Å². The van der Waals surface area contributed by atoms with Crippen molar-refractivity contribution in [3.8, 4) is 5.75 Å². The standard InChI is InChI=1S/C20H21F11O3/c1-14(2,3)10-15(4,5)11-6-8-12(9-7-11)33-13(32)16(21,18(24,25)26)34-20(30,31)17(22,23)19(27,28)29/h6-9H,10H2,1-5H3. The molecule has 0 aromatic heterocycles. The van der Waals surface area contributed by atoms with E-state index in [4.69, 9.17) is 0 Å². The smallest absolute Gasteiger partial charge is 0.422 e.